The zero-order valence-electron chi connectivity index (χ0n) is 15.8. The third-order valence-corrected chi connectivity index (χ3v) is 4.42. The van der Waals surface area contributed by atoms with Gasteiger partial charge in [-0.3, -0.25) is 14.5 Å². The summed E-state index contributed by atoms with van der Waals surface area (Å²) in [6, 6.07) is 9.04. The molecule has 0 saturated heterocycles. The van der Waals surface area contributed by atoms with E-state index in [2.05, 4.69) is 5.32 Å². The molecule has 3 rings (SSSR count). The highest BCUT2D eigenvalue weighted by molar-refractivity contribution is 6.36. The Morgan fingerprint density at radius 3 is 2.24 bits per heavy atom. The fourth-order valence-electron chi connectivity index (χ4n) is 2.93. The molecule has 1 aliphatic rings. The van der Waals surface area contributed by atoms with Crippen LogP contribution in [0, 0.1) is 0 Å². The summed E-state index contributed by atoms with van der Waals surface area (Å²) in [6.07, 6.45) is -4.54. The van der Waals surface area contributed by atoms with Gasteiger partial charge >= 0.3 is 6.18 Å². The van der Waals surface area contributed by atoms with Crippen LogP contribution >= 0.6 is 0 Å². The third-order valence-electron chi connectivity index (χ3n) is 4.42. The SMILES string of the molecule is COc1ccc(C2=C(Nc3cccc(C(F)(F)F)c3)C(=O)N(C)C2=O)cc1OC. The van der Waals surface area contributed by atoms with Gasteiger partial charge in [-0.2, -0.15) is 13.2 Å². The molecule has 0 saturated carbocycles. The minimum atomic E-state index is -4.54. The molecule has 1 N–H and O–H groups in total. The second-order valence-electron chi connectivity index (χ2n) is 6.19. The Labute approximate surface area is 164 Å². The molecule has 0 fully saturated rings. The van der Waals surface area contributed by atoms with Gasteiger partial charge in [-0.1, -0.05) is 12.1 Å². The van der Waals surface area contributed by atoms with E-state index < -0.39 is 23.6 Å². The van der Waals surface area contributed by atoms with Crippen LogP contribution in [0.4, 0.5) is 18.9 Å². The van der Waals surface area contributed by atoms with Crippen LogP contribution in [0.3, 0.4) is 0 Å². The van der Waals surface area contributed by atoms with Crippen LogP contribution in [-0.4, -0.2) is 38.0 Å². The summed E-state index contributed by atoms with van der Waals surface area (Å²) >= 11 is 0. The largest absolute Gasteiger partial charge is 0.493 e. The average Bonchev–Trinajstić information content (AvgIpc) is 2.91. The number of carbonyl (C=O) groups is 2. The second kappa shape index (κ2) is 7.50. The van der Waals surface area contributed by atoms with Crippen LogP contribution in [0.2, 0.25) is 0 Å². The Balaban J connectivity index is 2.09. The highest BCUT2D eigenvalue weighted by Gasteiger charge is 2.37. The molecule has 152 valence electrons. The molecule has 9 heteroatoms. The van der Waals surface area contributed by atoms with E-state index in [9.17, 15) is 22.8 Å². The Morgan fingerprint density at radius 1 is 0.931 bits per heavy atom. The maximum absolute atomic E-state index is 13.0. The lowest BCUT2D eigenvalue weighted by Gasteiger charge is -2.12. The molecule has 0 unspecified atom stereocenters. The predicted molar refractivity (Wildman–Crippen MR) is 99.3 cm³/mol. The second-order valence-corrected chi connectivity index (χ2v) is 6.19. The van der Waals surface area contributed by atoms with E-state index in [1.165, 1.54) is 39.5 Å². The van der Waals surface area contributed by atoms with Crippen LogP contribution in [0.1, 0.15) is 11.1 Å². The molecule has 6 nitrogen and oxygen atoms in total. The molecule has 2 amide bonds. The minimum absolute atomic E-state index is 0.0239. The molecule has 0 atom stereocenters. The van der Waals surface area contributed by atoms with Gasteiger partial charge in [0, 0.05) is 12.7 Å². The van der Waals surface area contributed by atoms with E-state index in [4.69, 9.17) is 9.47 Å². The first-order chi connectivity index (χ1) is 13.7. The van der Waals surface area contributed by atoms with Gasteiger partial charge in [-0.05, 0) is 35.9 Å². The highest BCUT2D eigenvalue weighted by Crippen LogP contribution is 2.36. The van der Waals surface area contributed by atoms with Crippen molar-refractivity contribution in [3.63, 3.8) is 0 Å². The number of nitrogens with one attached hydrogen (secondary N) is 1. The van der Waals surface area contributed by atoms with Gasteiger partial charge in [0.25, 0.3) is 11.8 Å². The van der Waals surface area contributed by atoms with Gasteiger partial charge in [0.2, 0.25) is 0 Å². The number of hydrogen-bond donors (Lipinski definition) is 1. The highest BCUT2D eigenvalue weighted by atomic mass is 19.4. The van der Waals surface area contributed by atoms with E-state index >= 15 is 0 Å². The number of carbonyl (C=O) groups excluding carboxylic acids is 2. The van der Waals surface area contributed by atoms with Crippen LogP contribution in [0.15, 0.2) is 48.2 Å². The standard InChI is InChI=1S/C20H17F3N2O4/c1-25-18(26)16(11-7-8-14(28-2)15(9-11)29-3)17(19(25)27)24-13-6-4-5-12(10-13)20(21,22)23/h4-10,24H,1-3H3. The predicted octanol–water partition coefficient (Wildman–Crippen LogP) is 3.54. The molecule has 1 heterocycles. The first-order valence-electron chi connectivity index (χ1n) is 8.40. The van der Waals surface area contributed by atoms with Crippen molar-refractivity contribution in [3.05, 3.63) is 59.3 Å². The zero-order valence-corrected chi connectivity index (χ0v) is 15.8. The Bertz CT molecular complexity index is 1020. The molecule has 29 heavy (non-hydrogen) atoms. The average molecular weight is 406 g/mol. The summed E-state index contributed by atoms with van der Waals surface area (Å²) in [5.74, 6) is -0.478. The topological polar surface area (TPSA) is 67.9 Å². The van der Waals surface area contributed by atoms with E-state index in [0.29, 0.717) is 17.1 Å². The molecule has 0 spiro atoms. The lowest BCUT2D eigenvalue weighted by Crippen LogP contribution is -2.27. The Morgan fingerprint density at radius 2 is 1.62 bits per heavy atom. The van der Waals surface area contributed by atoms with E-state index in [1.54, 1.807) is 12.1 Å². The van der Waals surface area contributed by atoms with Crippen molar-refractivity contribution in [1.82, 2.24) is 4.90 Å². The van der Waals surface area contributed by atoms with Crippen molar-refractivity contribution in [2.45, 2.75) is 6.18 Å². The molecule has 2 aromatic rings. The summed E-state index contributed by atoms with van der Waals surface area (Å²) in [7, 11) is 4.17. The number of halogens is 3. The monoisotopic (exact) mass is 406 g/mol. The smallest absolute Gasteiger partial charge is 0.416 e. The molecule has 0 aliphatic carbocycles. The van der Waals surface area contributed by atoms with Gasteiger partial charge in [-0.25, -0.2) is 0 Å². The molecule has 0 aromatic heterocycles. The van der Waals surface area contributed by atoms with Crippen LogP contribution in [0.5, 0.6) is 11.5 Å². The van der Waals surface area contributed by atoms with E-state index in [1.807, 2.05) is 0 Å². The molecule has 0 radical (unpaired) electrons. The van der Waals surface area contributed by atoms with Crippen molar-refractivity contribution >= 4 is 23.1 Å². The molecular weight excluding hydrogens is 389 g/mol. The number of alkyl halides is 3. The fourth-order valence-corrected chi connectivity index (χ4v) is 2.93. The number of nitrogens with zero attached hydrogens (tertiary/aromatic N) is 1. The van der Waals surface area contributed by atoms with E-state index in [-0.39, 0.29) is 17.0 Å². The van der Waals surface area contributed by atoms with Crippen LogP contribution in [0.25, 0.3) is 5.57 Å². The first-order valence-corrected chi connectivity index (χ1v) is 8.40. The number of imide groups is 1. The number of ether oxygens (including phenoxy) is 2. The molecule has 2 aromatic carbocycles. The van der Waals surface area contributed by atoms with Gasteiger partial charge in [0.15, 0.2) is 11.5 Å². The number of amides is 2. The van der Waals surface area contributed by atoms with Crippen molar-refractivity contribution in [3.8, 4) is 11.5 Å². The van der Waals surface area contributed by atoms with Gasteiger partial charge in [0.05, 0.1) is 25.4 Å². The summed E-state index contributed by atoms with van der Waals surface area (Å²) in [5, 5.41) is 2.67. The first kappa shape index (κ1) is 20.2. The maximum atomic E-state index is 13.0. The summed E-state index contributed by atoms with van der Waals surface area (Å²) in [4.78, 5) is 26.1. The Kier molecular flexibility index (Phi) is 5.23. The number of rotatable bonds is 5. The van der Waals surface area contributed by atoms with Crippen molar-refractivity contribution in [2.75, 3.05) is 26.6 Å². The lowest BCUT2D eigenvalue weighted by molar-refractivity contribution is -0.137. The van der Waals surface area contributed by atoms with Crippen molar-refractivity contribution in [1.29, 1.82) is 0 Å². The molecule has 0 bridgehead atoms. The number of likely N-dealkylation sites (N-methyl/N-ethyl adjacent to an activating group) is 1. The summed E-state index contributed by atoms with van der Waals surface area (Å²) in [6.45, 7) is 0. The lowest BCUT2D eigenvalue weighted by atomic mass is 10.0. The van der Waals surface area contributed by atoms with Crippen LogP contribution in [-0.2, 0) is 15.8 Å². The fraction of sp³-hybridized carbons (Fsp3) is 0.200. The zero-order chi connectivity index (χ0) is 21.3. The number of benzene rings is 2. The third kappa shape index (κ3) is 3.75. The van der Waals surface area contributed by atoms with E-state index in [0.717, 1.165) is 17.0 Å². The normalized spacial score (nSPS) is 14.5. The van der Waals surface area contributed by atoms with Gasteiger partial charge < -0.3 is 14.8 Å². The van der Waals surface area contributed by atoms with Gasteiger partial charge in [0.1, 0.15) is 5.70 Å². The molecular formula is C20H17F3N2O4. The number of methoxy groups -OCH3 is 2. The summed E-state index contributed by atoms with van der Waals surface area (Å²) in [5.41, 5.74) is -0.579. The summed E-state index contributed by atoms with van der Waals surface area (Å²) < 4.78 is 49.3. The maximum Gasteiger partial charge on any atom is 0.416 e. The van der Waals surface area contributed by atoms with Crippen LogP contribution < -0.4 is 14.8 Å². The van der Waals surface area contributed by atoms with Crippen molar-refractivity contribution < 1.29 is 32.2 Å². The quantitative estimate of drug-likeness (QED) is 0.770. The molecule has 1 aliphatic heterocycles. The number of hydrogen-bond acceptors (Lipinski definition) is 5. The Hall–Kier alpha value is -3.49. The minimum Gasteiger partial charge on any atom is -0.493 e. The van der Waals surface area contributed by atoms with Crippen molar-refractivity contribution in [2.24, 2.45) is 0 Å². The number of anilines is 1. The van der Waals surface area contributed by atoms with Gasteiger partial charge in [-0.15, -0.1) is 0 Å².